The van der Waals surface area contributed by atoms with Crippen molar-refractivity contribution in [2.45, 2.75) is 6.54 Å². The van der Waals surface area contributed by atoms with Crippen molar-refractivity contribution in [2.75, 3.05) is 11.1 Å². The van der Waals surface area contributed by atoms with E-state index in [0.29, 0.717) is 17.8 Å². The standard InChI is InChI=1S/C13H12N4/c14-6-10-2-1-3-11(4-10)7-17-13-5-12(15)8-16-9-13/h1-5,8-9,17H,7,15H2. The molecule has 0 amide bonds. The number of hydrogen-bond donors (Lipinski definition) is 2. The topological polar surface area (TPSA) is 74.7 Å². The molecule has 0 aliphatic heterocycles. The van der Waals surface area contributed by atoms with Gasteiger partial charge in [-0.05, 0) is 23.8 Å². The number of aromatic nitrogens is 1. The van der Waals surface area contributed by atoms with E-state index in [1.54, 1.807) is 18.5 Å². The van der Waals surface area contributed by atoms with Gasteiger partial charge in [0.15, 0.2) is 0 Å². The first-order chi connectivity index (χ1) is 8.28. The van der Waals surface area contributed by atoms with Crippen LogP contribution in [0.25, 0.3) is 0 Å². The van der Waals surface area contributed by atoms with E-state index in [-0.39, 0.29) is 0 Å². The number of nitrogens with one attached hydrogen (secondary N) is 1. The Balaban J connectivity index is 2.05. The molecular formula is C13H12N4. The van der Waals surface area contributed by atoms with Crippen molar-refractivity contribution >= 4 is 11.4 Å². The normalized spacial score (nSPS) is 9.59. The Morgan fingerprint density at radius 2 is 2.18 bits per heavy atom. The van der Waals surface area contributed by atoms with Gasteiger partial charge in [0, 0.05) is 12.7 Å². The van der Waals surface area contributed by atoms with Crippen LogP contribution in [-0.2, 0) is 6.54 Å². The first-order valence-corrected chi connectivity index (χ1v) is 5.21. The SMILES string of the molecule is N#Cc1cccc(CNc2cncc(N)c2)c1. The van der Waals surface area contributed by atoms with E-state index in [1.807, 2.05) is 24.3 Å². The number of benzene rings is 1. The number of nitrogens with zero attached hydrogens (tertiary/aromatic N) is 2. The van der Waals surface area contributed by atoms with Crippen molar-refractivity contribution in [3.05, 3.63) is 53.9 Å². The third-order valence-electron chi connectivity index (χ3n) is 2.31. The first-order valence-electron chi connectivity index (χ1n) is 5.21. The van der Waals surface area contributed by atoms with Crippen molar-refractivity contribution in [1.82, 2.24) is 4.98 Å². The molecule has 4 nitrogen and oxygen atoms in total. The van der Waals surface area contributed by atoms with E-state index in [9.17, 15) is 0 Å². The summed E-state index contributed by atoms with van der Waals surface area (Å²) < 4.78 is 0. The third kappa shape index (κ3) is 2.95. The fourth-order valence-electron chi connectivity index (χ4n) is 1.51. The summed E-state index contributed by atoms with van der Waals surface area (Å²) in [6, 6.07) is 11.4. The number of rotatable bonds is 3. The first kappa shape index (κ1) is 11.0. The Bertz CT molecular complexity index is 557. The average Bonchev–Trinajstić information content (AvgIpc) is 2.37. The minimum Gasteiger partial charge on any atom is -0.397 e. The maximum atomic E-state index is 8.79. The molecule has 0 saturated carbocycles. The van der Waals surface area contributed by atoms with E-state index in [4.69, 9.17) is 11.0 Å². The zero-order chi connectivity index (χ0) is 12.1. The van der Waals surface area contributed by atoms with Gasteiger partial charge in [0.2, 0.25) is 0 Å². The molecule has 2 aromatic rings. The summed E-state index contributed by atoms with van der Waals surface area (Å²) in [6.07, 6.45) is 3.31. The number of nitrogens with two attached hydrogens (primary N) is 1. The van der Waals surface area contributed by atoms with Gasteiger partial charge < -0.3 is 11.1 Å². The Labute approximate surface area is 99.7 Å². The lowest BCUT2D eigenvalue weighted by Crippen LogP contribution is -2.00. The average molecular weight is 224 g/mol. The number of anilines is 2. The molecule has 0 radical (unpaired) electrons. The van der Waals surface area contributed by atoms with Crippen molar-refractivity contribution in [1.29, 1.82) is 5.26 Å². The minimum absolute atomic E-state index is 0.626. The monoisotopic (exact) mass is 224 g/mol. The summed E-state index contributed by atoms with van der Waals surface area (Å²) in [7, 11) is 0. The van der Waals surface area contributed by atoms with Crippen molar-refractivity contribution < 1.29 is 0 Å². The van der Waals surface area contributed by atoms with Gasteiger partial charge in [0.05, 0.1) is 29.2 Å². The molecule has 1 heterocycles. The van der Waals surface area contributed by atoms with Crippen molar-refractivity contribution in [2.24, 2.45) is 0 Å². The number of nitriles is 1. The van der Waals surface area contributed by atoms with Crippen LogP contribution < -0.4 is 11.1 Å². The molecule has 4 heteroatoms. The predicted molar refractivity (Wildman–Crippen MR) is 67.1 cm³/mol. The Hall–Kier alpha value is -2.54. The van der Waals surface area contributed by atoms with Gasteiger partial charge in [-0.2, -0.15) is 5.26 Å². The van der Waals surface area contributed by atoms with Crippen LogP contribution in [0.3, 0.4) is 0 Å². The van der Waals surface area contributed by atoms with Crippen LogP contribution >= 0.6 is 0 Å². The largest absolute Gasteiger partial charge is 0.397 e. The van der Waals surface area contributed by atoms with Crippen molar-refractivity contribution in [3.8, 4) is 6.07 Å². The van der Waals surface area contributed by atoms with Crippen LogP contribution in [0, 0.1) is 11.3 Å². The molecule has 0 bridgehead atoms. The quantitative estimate of drug-likeness (QED) is 0.837. The second-order valence-electron chi connectivity index (χ2n) is 3.67. The van der Waals surface area contributed by atoms with Gasteiger partial charge in [-0.15, -0.1) is 0 Å². The summed E-state index contributed by atoms with van der Waals surface area (Å²) >= 11 is 0. The van der Waals surface area contributed by atoms with E-state index in [0.717, 1.165) is 11.3 Å². The fourth-order valence-corrected chi connectivity index (χ4v) is 1.51. The molecule has 0 fully saturated rings. The molecule has 1 aromatic carbocycles. The maximum absolute atomic E-state index is 8.79. The summed E-state index contributed by atoms with van der Waals surface area (Å²) in [5.41, 5.74) is 8.83. The van der Waals surface area contributed by atoms with Crippen LogP contribution in [0.15, 0.2) is 42.7 Å². The summed E-state index contributed by atoms with van der Waals surface area (Å²) in [4.78, 5) is 3.99. The fraction of sp³-hybridized carbons (Fsp3) is 0.0769. The summed E-state index contributed by atoms with van der Waals surface area (Å²) in [5.74, 6) is 0. The molecule has 2 rings (SSSR count). The predicted octanol–water partition coefficient (Wildman–Crippen LogP) is 2.15. The highest BCUT2D eigenvalue weighted by Crippen LogP contribution is 2.12. The number of hydrogen-bond acceptors (Lipinski definition) is 4. The van der Waals surface area contributed by atoms with Gasteiger partial charge in [-0.3, -0.25) is 4.98 Å². The van der Waals surface area contributed by atoms with Gasteiger partial charge >= 0.3 is 0 Å². The van der Waals surface area contributed by atoms with E-state index >= 15 is 0 Å². The highest BCUT2D eigenvalue weighted by molar-refractivity contribution is 5.51. The Kier molecular flexibility index (Phi) is 3.22. The molecular weight excluding hydrogens is 212 g/mol. The van der Waals surface area contributed by atoms with Gasteiger partial charge in [-0.1, -0.05) is 12.1 Å². The molecule has 0 unspecified atom stereocenters. The summed E-state index contributed by atoms with van der Waals surface area (Å²) in [5, 5.41) is 12.0. The van der Waals surface area contributed by atoms with Crippen LogP contribution in [0.5, 0.6) is 0 Å². The van der Waals surface area contributed by atoms with Crippen LogP contribution in [0.1, 0.15) is 11.1 Å². The van der Waals surface area contributed by atoms with E-state index in [2.05, 4.69) is 16.4 Å². The third-order valence-corrected chi connectivity index (χ3v) is 2.31. The molecule has 0 spiro atoms. The van der Waals surface area contributed by atoms with Gasteiger partial charge in [0.1, 0.15) is 0 Å². The van der Waals surface area contributed by atoms with Crippen LogP contribution in [0.2, 0.25) is 0 Å². The number of nitrogen functional groups attached to an aromatic ring is 1. The molecule has 0 aliphatic rings. The van der Waals surface area contributed by atoms with E-state index in [1.165, 1.54) is 0 Å². The number of pyridine rings is 1. The smallest absolute Gasteiger partial charge is 0.0991 e. The van der Waals surface area contributed by atoms with Crippen molar-refractivity contribution in [3.63, 3.8) is 0 Å². The zero-order valence-corrected chi connectivity index (χ0v) is 9.22. The second kappa shape index (κ2) is 4.99. The molecule has 3 N–H and O–H groups in total. The lowest BCUT2D eigenvalue weighted by atomic mass is 10.1. The Morgan fingerprint density at radius 3 is 2.94 bits per heavy atom. The molecule has 84 valence electrons. The van der Waals surface area contributed by atoms with E-state index < -0.39 is 0 Å². The second-order valence-corrected chi connectivity index (χ2v) is 3.67. The molecule has 0 atom stereocenters. The van der Waals surface area contributed by atoms with Crippen LogP contribution in [-0.4, -0.2) is 4.98 Å². The highest BCUT2D eigenvalue weighted by Gasteiger charge is 1.97. The highest BCUT2D eigenvalue weighted by atomic mass is 14.9. The summed E-state index contributed by atoms with van der Waals surface area (Å²) in [6.45, 7) is 0.640. The molecule has 17 heavy (non-hydrogen) atoms. The van der Waals surface area contributed by atoms with Gasteiger partial charge in [0.25, 0.3) is 0 Å². The molecule has 1 aromatic heterocycles. The Morgan fingerprint density at radius 1 is 1.29 bits per heavy atom. The lowest BCUT2D eigenvalue weighted by Gasteiger charge is -2.06. The van der Waals surface area contributed by atoms with Gasteiger partial charge in [-0.25, -0.2) is 0 Å². The molecule has 0 saturated heterocycles. The molecule has 0 aliphatic carbocycles. The zero-order valence-electron chi connectivity index (χ0n) is 9.22. The lowest BCUT2D eigenvalue weighted by molar-refractivity contribution is 1.14. The maximum Gasteiger partial charge on any atom is 0.0991 e. The minimum atomic E-state index is 0.626. The van der Waals surface area contributed by atoms with Crippen LogP contribution in [0.4, 0.5) is 11.4 Å².